The number of aliphatic imine (C=N–C) groups is 1. The van der Waals surface area contributed by atoms with Crippen LogP contribution in [0, 0.1) is 5.41 Å². The number of guanidine groups is 1. The molecule has 0 atom stereocenters. The van der Waals surface area contributed by atoms with Gasteiger partial charge in [0.1, 0.15) is 11.5 Å². The summed E-state index contributed by atoms with van der Waals surface area (Å²) in [7, 11) is 4.90. The molecule has 0 spiro atoms. The second kappa shape index (κ2) is 13.0. The zero-order chi connectivity index (χ0) is 20.4. The zero-order valence-electron chi connectivity index (χ0n) is 17.3. The number of halogens is 3. The fourth-order valence-corrected chi connectivity index (χ4v) is 3.64. The van der Waals surface area contributed by atoms with Gasteiger partial charge in [0.05, 0.1) is 7.11 Å². The Bertz CT molecular complexity index is 641. The van der Waals surface area contributed by atoms with Crippen LogP contribution in [0.25, 0.3) is 0 Å². The summed E-state index contributed by atoms with van der Waals surface area (Å²) < 4.78 is 40.4. The summed E-state index contributed by atoms with van der Waals surface area (Å²) in [5, 5.41) is 6.56. The number of methoxy groups -OCH3 is 2. The Labute approximate surface area is 188 Å². The Morgan fingerprint density at radius 1 is 1.21 bits per heavy atom. The lowest BCUT2D eigenvalue weighted by Gasteiger charge is -2.30. The van der Waals surface area contributed by atoms with Crippen LogP contribution in [0.1, 0.15) is 37.7 Å². The van der Waals surface area contributed by atoms with E-state index >= 15 is 0 Å². The minimum absolute atomic E-state index is 0. The molecule has 9 heteroatoms. The van der Waals surface area contributed by atoms with E-state index in [4.69, 9.17) is 9.47 Å². The van der Waals surface area contributed by atoms with Gasteiger partial charge in [0.2, 0.25) is 0 Å². The molecule has 0 aliphatic heterocycles. The first-order chi connectivity index (χ1) is 13.5. The minimum atomic E-state index is -2.90. The number of benzene rings is 1. The molecule has 0 saturated heterocycles. The number of nitrogens with one attached hydrogen (secondary N) is 2. The molecule has 1 aliphatic carbocycles. The van der Waals surface area contributed by atoms with Gasteiger partial charge in [-0.15, -0.1) is 24.0 Å². The standard InChI is InChI=1S/C20H31F2N3O3.HI/c1-23-19(25-14-20(10-11-26-2)8-4-5-9-20)24-13-15-6-7-16(27-3)12-17(15)28-18(21)22;/h6-7,12,18H,4-5,8-11,13-14H2,1-3H3,(H2,23,24,25);1H. The van der Waals surface area contributed by atoms with E-state index in [0.717, 1.165) is 19.6 Å². The third-order valence-electron chi connectivity index (χ3n) is 5.29. The summed E-state index contributed by atoms with van der Waals surface area (Å²) in [6, 6.07) is 4.87. The van der Waals surface area contributed by atoms with E-state index in [1.165, 1.54) is 38.9 Å². The van der Waals surface area contributed by atoms with Crippen LogP contribution in [0.2, 0.25) is 0 Å². The highest BCUT2D eigenvalue weighted by Crippen LogP contribution is 2.40. The Morgan fingerprint density at radius 3 is 2.52 bits per heavy atom. The molecule has 0 bridgehead atoms. The van der Waals surface area contributed by atoms with Gasteiger partial charge in [-0.05, 0) is 36.8 Å². The minimum Gasteiger partial charge on any atom is -0.497 e. The molecule has 0 amide bonds. The summed E-state index contributed by atoms with van der Waals surface area (Å²) in [5.74, 6) is 1.18. The van der Waals surface area contributed by atoms with Crippen molar-refractivity contribution in [3.05, 3.63) is 23.8 Å². The maximum Gasteiger partial charge on any atom is 0.387 e. The first kappa shape index (κ1) is 25.7. The Hall–Kier alpha value is -1.36. The van der Waals surface area contributed by atoms with Crippen molar-refractivity contribution in [1.82, 2.24) is 10.6 Å². The van der Waals surface area contributed by atoms with Gasteiger partial charge in [-0.1, -0.05) is 12.8 Å². The van der Waals surface area contributed by atoms with Crippen molar-refractivity contribution in [2.75, 3.05) is 34.4 Å². The molecule has 2 N–H and O–H groups in total. The van der Waals surface area contributed by atoms with E-state index in [2.05, 4.69) is 20.4 Å². The van der Waals surface area contributed by atoms with Gasteiger partial charge in [0, 0.05) is 45.5 Å². The van der Waals surface area contributed by atoms with Gasteiger partial charge < -0.3 is 24.8 Å². The molecule has 29 heavy (non-hydrogen) atoms. The Morgan fingerprint density at radius 2 is 1.93 bits per heavy atom. The molecule has 6 nitrogen and oxygen atoms in total. The smallest absolute Gasteiger partial charge is 0.387 e. The first-order valence-corrected chi connectivity index (χ1v) is 9.57. The van der Waals surface area contributed by atoms with E-state index in [-0.39, 0.29) is 35.1 Å². The highest BCUT2D eigenvalue weighted by molar-refractivity contribution is 14.0. The number of rotatable bonds is 10. The predicted molar refractivity (Wildman–Crippen MR) is 121 cm³/mol. The molecule has 0 heterocycles. The van der Waals surface area contributed by atoms with Crippen LogP contribution < -0.4 is 20.1 Å². The average Bonchev–Trinajstić information content (AvgIpc) is 3.16. The predicted octanol–water partition coefficient (Wildman–Crippen LogP) is 4.18. The van der Waals surface area contributed by atoms with Gasteiger partial charge in [-0.25, -0.2) is 0 Å². The van der Waals surface area contributed by atoms with Crippen molar-refractivity contribution in [3.63, 3.8) is 0 Å². The van der Waals surface area contributed by atoms with Crippen LogP contribution in [0.5, 0.6) is 11.5 Å². The van der Waals surface area contributed by atoms with Crippen LogP contribution >= 0.6 is 24.0 Å². The summed E-state index contributed by atoms with van der Waals surface area (Å²) in [4.78, 5) is 4.25. The fourth-order valence-electron chi connectivity index (χ4n) is 3.64. The molecule has 0 radical (unpaired) electrons. The maximum atomic E-state index is 12.7. The van der Waals surface area contributed by atoms with Gasteiger partial charge in [-0.2, -0.15) is 8.78 Å². The van der Waals surface area contributed by atoms with E-state index in [1.54, 1.807) is 26.3 Å². The van der Waals surface area contributed by atoms with E-state index in [1.807, 2.05) is 0 Å². The van der Waals surface area contributed by atoms with Crippen LogP contribution in [0.4, 0.5) is 8.78 Å². The highest BCUT2D eigenvalue weighted by atomic mass is 127. The summed E-state index contributed by atoms with van der Waals surface area (Å²) in [5.41, 5.74) is 0.816. The third-order valence-corrected chi connectivity index (χ3v) is 5.29. The number of alkyl halides is 2. The van der Waals surface area contributed by atoms with Gasteiger partial charge in [-0.3, -0.25) is 4.99 Å². The van der Waals surface area contributed by atoms with Crippen molar-refractivity contribution < 1.29 is 23.0 Å². The molecular formula is C20H32F2IN3O3. The van der Waals surface area contributed by atoms with Crippen molar-refractivity contribution in [2.45, 2.75) is 45.3 Å². The number of hydrogen-bond donors (Lipinski definition) is 2. The molecule has 1 aromatic carbocycles. The lowest BCUT2D eigenvalue weighted by Crippen LogP contribution is -2.43. The van der Waals surface area contributed by atoms with Gasteiger partial charge >= 0.3 is 6.61 Å². The summed E-state index contributed by atoms with van der Waals surface area (Å²) in [6.07, 6.45) is 5.82. The summed E-state index contributed by atoms with van der Waals surface area (Å²) >= 11 is 0. The average molecular weight is 527 g/mol. The molecule has 0 aromatic heterocycles. The van der Waals surface area contributed by atoms with Crippen LogP contribution in [-0.2, 0) is 11.3 Å². The molecule has 1 saturated carbocycles. The number of nitrogens with zero attached hydrogens (tertiary/aromatic N) is 1. The zero-order valence-corrected chi connectivity index (χ0v) is 19.6. The van der Waals surface area contributed by atoms with E-state index in [9.17, 15) is 8.78 Å². The van der Waals surface area contributed by atoms with Crippen LogP contribution in [-0.4, -0.2) is 47.0 Å². The topological polar surface area (TPSA) is 64.1 Å². The molecule has 2 rings (SSSR count). The molecule has 0 unspecified atom stereocenters. The van der Waals surface area contributed by atoms with E-state index in [0.29, 0.717) is 23.8 Å². The lowest BCUT2D eigenvalue weighted by molar-refractivity contribution is -0.0505. The molecule has 1 aliphatic rings. The Kier molecular flexibility index (Phi) is 11.6. The molecule has 1 fully saturated rings. The van der Waals surface area contributed by atoms with Gasteiger partial charge in [0.15, 0.2) is 5.96 Å². The van der Waals surface area contributed by atoms with Crippen LogP contribution in [0.15, 0.2) is 23.2 Å². The third kappa shape index (κ3) is 8.12. The van der Waals surface area contributed by atoms with Crippen LogP contribution in [0.3, 0.4) is 0 Å². The number of hydrogen-bond acceptors (Lipinski definition) is 4. The molecule has 1 aromatic rings. The fraction of sp³-hybridized carbons (Fsp3) is 0.650. The van der Waals surface area contributed by atoms with E-state index < -0.39 is 6.61 Å². The number of ether oxygens (including phenoxy) is 3. The second-order valence-corrected chi connectivity index (χ2v) is 7.08. The van der Waals surface area contributed by atoms with Crippen molar-refractivity contribution in [3.8, 4) is 11.5 Å². The maximum absolute atomic E-state index is 12.7. The highest BCUT2D eigenvalue weighted by Gasteiger charge is 2.33. The Balaban J connectivity index is 0.00000420. The lowest BCUT2D eigenvalue weighted by atomic mass is 9.83. The quantitative estimate of drug-likeness (QED) is 0.272. The molecular weight excluding hydrogens is 495 g/mol. The van der Waals surface area contributed by atoms with Crippen molar-refractivity contribution in [1.29, 1.82) is 0 Å². The van der Waals surface area contributed by atoms with Crippen molar-refractivity contribution in [2.24, 2.45) is 10.4 Å². The monoisotopic (exact) mass is 527 g/mol. The van der Waals surface area contributed by atoms with Crippen molar-refractivity contribution >= 4 is 29.9 Å². The molecule has 166 valence electrons. The largest absolute Gasteiger partial charge is 0.497 e. The summed E-state index contributed by atoms with van der Waals surface area (Å²) in [6.45, 7) is -1.05. The normalized spacial score (nSPS) is 15.7. The first-order valence-electron chi connectivity index (χ1n) is 9.57. The SMILES string of the molecule is CN=C(NCc1ccc(OC)cc1OC(F)F)NCC1(CCOC)CCCC1.I. The second-order valence-electron chi connectivity index (χ2n) is 7.08. The van der Waals surface area contributed by atoms with Gasteiger partial charge in [0.25, 0.3) is 0 Å².